The number of hydrogen-bond donors (Lipinski definition) is 4. The minimum absolute atomic E-state index is 0.101. The van der Waals surface area contributed by atoms with Crippen LogP contribution in [0.25, 0.3) is 0 Å². The minimum Gasteiger partial charge on any atom is -0.504 e. The number of aromatic hydroxyl groups is 2. The molecule has 0 radical (unpaired) electrons. The van der Waals surface area contributed by atoms with Gasteiger partial charge in [0.15, 0.2) is 11.5 Å². The monoisotopic (exact) mass is 539 g/mol. The number of amides is 3. The predicted molar refractivity (Wildman–Crippen MR) is 144 cm³/mol. The Labute approximate surface area is 228 Å². The number of carbonyl (C=O) groups is 4. The van der Waals surface area contributed by atoms with Crippen LogP contribution in [0, 0.1) is 5.41 Å². The number of ketones is 1. The molecule has 1 saturated heterocycles. The van der Waals surface area contributed by atoms with Gasteiger partial charge < -0.3 is 30.5 Å². The average Bonchev–Trinajstić information content (AvgIpc) is 3.21. The van der Waals surface area contributed by atoms with E-state index in [2.05, 4.69) is 10.6 Å². The van der Waals surface area contributed by atoms with Crippen LogP contribution in [-0.2, 0) is 14.3 Å². The molecule has 0 aliphatic carbocycles. The third kappa shape index (κ3) is 7.49. The Hall–Kier alpha value is -4.08. The molecule has 3 atom stereocenters. The molecule has 3 rings (SSSR count). The fraction of sp³-hybridized carbons (Fsp3) is 0.448. The topological polar surface area (TPSA) is 145 Å². The number of likely N-dealkylation sites (tertiary alicyclic amines) is 1. The summed E-state index contributed by atoms with van der Waals surface area (Å²) in [5.74, 6) is -2.66. The van der Waals surface area contributed by atoms with Crippen molar-refractivity contribution in [3.05, 3.63) is 59.7 Å². The number of carbonyl (C=O) groups excluding carboxylic acids is 4. The van der Waals surface area contributed by atoms with Crippen LogP contribution < -0.4 is 10.6 Å². The maximum Gasteiger partial charge on any atom is 0.408 e. The molecular formula is C29H37N3O7. The summed E-state index contributed by atoms with van der Waals surface area (Å²) in [5.41, 5.74) is 0.436. The van der Waals surface area contributed by atoms with E-state index in [1.807, 2.05) is 51.1 Å². The molecule has 1 aliphatic heterocycles. The van der Waals surface area contributed by atoms with E-state index >= 15 is 0 Å². The van der Waals surface area contributed by atoms with E-state index in [0.29, 0.717) is 6.42 Å². The first kappa shape index (κ1) is 29.5. The SMILES string of the molecule is CCCC[C@H](NC(=O)O[C@@H]1CN(C(=O)c2ccc(O)c(O)c2)CC1(C)C)C(=O)C(=O)N[C@H](C)c1ccccc1. The van der Waals surface area contributed by atoms with Crippen molar-refractivity contribution in [3.63, 3.8) is 0 Å². The largest absolute Gasteiger partial charge is 0.504 e. The number of nitrogens with zero attached hydrogens (tertiary/aromatic N) is 1. The van der Waals surface area contributed by atoms with E-state index in [1.165, 1.54) is 23.1 Å². The van der Waals surface area contributed by atoms with E-state index in [4.69, 9.17) is 4.74 Å². The highest BCUT2D eigenvalue weighted by atomic mass is 16.6. The van der Waals surface area contributed by atoms with Crippen LogP contribution in [-0.4, -0.2) is 64.0 Å². The molecule has 1 aliphatic rings. The molecule has 0 saturated carbocycles. The van der Waals surface area contributed by atoms with E-state index in [9.17, 15) is 29.4 Å². The van der Waals surface area contributed by atoms with Gasteiger partial charge in [-0.05, 0) is 37.1 Å². The standard InChI is InChI=1S/C29H37N3O7/c1-5-6-12-21(25(35)26(36)30-18(2)19-10-8-7-9-11-19)31-28(38)39-24-16-32(17-29(24,3)4)27(37)20-13-14-22(33)23(34)15-20/h7-11,13-15,18,21,24,33-34H,5-6,12,16-17H2,1-4H3,(H,30,36)(H,31,38)/t18-,21+,24-/m1/s1. The summed E-state index contributed by atoms with van der Waals surface area (Å²) in [5, 5.41) is 24.5. The smallest absolute Gasteiger partial charge is 0.408 e. The van der Waals surface area contributed by atoms with Gasteiger partial charge in [0.1, 0.15) is 12.1 Å². The highest BCUT2D eigenvalue weighted by molar-refractivity contribution is 6.38. The summed E-state index contributed by atoms with van der Waals surface area (Å²) in [4.78, 5) is 53.1. The lowest BCUT2D eigenvalue weighted by Crippen LogP contribution is -2.49. The summed E-state index contributed by atoms with van der Waals surface area (Å²) < 4.78 is 5.66. The van der Waals surface area contributed by atoms with Gasteiger partial charge in [-0.2, -0.15) is 0 Å². The van der Waals surface area contributed by atoms with Crippen molar-refractivity contribution in [2.75, 3.05) is 13.1 Å². The van der Waals surface area contributed by atoms with E-state index < -0.39 is 41.1 Å². The molecule has 0 bridgehead atoms. The number of phenolic OH excluding ortho intramolecular Hbond substituents is 2. The second-order valence-corrected chi connectivity index (χ2v) is 10.6. The summed E-state index contributed by atoms with van der Waals surface area (Å²) >= 11 is 0. The molecule has 0 aromatic heterocycles. The van der Waals surface area contributed by atoms with Crippen molar-refractivity contribution in [3.8, 4) is 11.5 Å². The minimum atomic E-state index is -1.05. The van der Waals surface area contributed by atoms with Gasteiger partial charge in [0.2, 0.25) is 5.78 Å². The Morgan fingerprint density at radius 3 is 2.38 bits per heavy atom. The number of benzene rings is 2. The second-order valence-electron chi connectivity index (χ2n) is 10.6. The van der Waals surface area contributed by atoms with E-state index in [0.717, 1.165) is 12.0 Å². The third-order valence-corrected chi connectivity index (χ3v) is 6.94. The van der Waals surface area contributed by atoms with Crippen LogP contribution in [0.15, 0.2) is 48.5 Å². The molecule has 1 fully saturated rings. The van der Waals surface area contributed by atoms with Crippen molar-refractivity contribution < 1.29 is 34.1 Å². The lowest BCUT2D eigenvalue weighted by Gasteiger charge is -2.26. The average molecular weight is 540 g/mol. The van der Waals surface area contributed by atoms with Gasteiger partial charge in [0, 0.05) is 17.5 Å². The highest BCUT2D eigenvalue weighted by Crippen LogP contribution is 2.34. The van der Waals surface area contributed by atoms with Gasteiger partial charge in [0.05, 0.1) is 12.6 Å². The van der Waals surface area contributed by atoms with Gasteiger partial charge in [0.25, 0.3) is 11.8 Å². The summed E-state index contributed by atoms with van der Waals surface area (Å²) in [6.45, 7) is 7.80. The zero-order valence-electron chi connectivity index (χ0n) is 22.8. The molecule has 2 aromatic rings. The summed E-state index contributed by atoms with van der Waals surface area (Å²) in [6, 6.07) is 11.6. The number of alkyl carbamates (subject to hydrolysis) is 1. The molecule has 3 amide bonds. The van der Waals surface area contributed by atoms with Crippen molar-refractivity contribution in [2.45, 2.75) is 65.1 Å². The Morgan fingerprint density at radius 2 is 1.74 bits per heavy atom. The molecule has 210 valence electrons. The maximum absolute atomic E-state index is 13.0. The first-order chi connectivity index (χ1) is 18.4. The number of phenols is 2. The zero-order valence-corrected chi connectivity index (χ0v) is 22.8. The quantitative estimate of drug-likeness (QED) is 0.266. The lowest BCUT2D eigenvalue weighted by atomic mass is 9.90. The number of nitrogens with one attached hydrogen (secondary N) is 2. The van der Waals surface area contributed by atoms with Crippen LogP contribution in [0.3, 0.4) is 0 Å². The summed E-state index contributed by atoms with van der Waals surface area (Å²) in [6.07, 6.45) is 0.140. The Kier molecular flexibility index (Phi) is 9.56. The fourth-order valence-corrected chi connectivity index (χ4v) is 4.53. The van der Waals surface area contributed by atoms with Crippen molar-refractivity contribution in [2.24, 2.45) is 5.41 Å². The molecule has 10 nitrogen and oxygen atoms in total. The van der Waals surface area contributed by atoms with Crippen LogP contribution in [0.5, 0.6) is 11.5 Å². The number of rotatable bonds is 10. The van der Waals surface area contributed by atoms with Crippen LogP contribution in [0.2, 0.25) is 0 Å². The molecule has 1 heterocycles. The van der Waals surface area contributed by atoms with Gasteiger partial charge in [-0.1, -0.05) is 63.9 Å². The predicted octanol–water partition coefficient (Wildman–Crippen LogP) is 3.68. The van der Waals surface area contributed by atoms with Crippen molar-refractivity contribution in [1.29, 1.82) is 0 Å². The Bertz CT molecular complexity index is 1200. The Balaban J connectivity index is 1.63. The third-order valence-electron chi connectivity index (χ3n) is 6.94. The van der Waals surface area contributed by atoms with Gasteiger partial charge in [-0.15, -0.1) is 0 Å². The summed E-state index contributed by atoms with van der Waals surface area (Å²) in [7, 11) is 0. The first-order valence-corrected chi connectivity index (χ1v) is 13.1. The van der Waals surface area contributed by atoms with Crippen LogP contribution >= 0.6 is 0 Å². The molecule has 0 spiro atoms. The Morgan fingerprint density at radius 1 is 1.05 bits per heavy atom. The normalized spacial score (nSPS) is 17.6. The molecule has 4 N–H and O–H groups in total. The molecule has 39 heavy (non-hydrogen) atoms. The molecule has 0 unspecified atom stereocenters. The van der Waals surface area contributed by atoms with Crippen molar-refractivity contribution in [1.82, 2.24) is 15.5 Å². The lowest BCUT2D eigenvalue weighted by molar-refractivity contribution is -0.139. The van der Waals surface area contributed by atoms with Gasteiger partial charge in [-0.25, -0.2) is 4.79 Å². The molecule has 10 heteroatoms. The first-order valence-electron chi connectivity index (χ1n) is 13.1. The van der Waals surface area contributed by atoms with Crippen LogP contribution in [0.1, 0.15) is 68.9 Å². The van der Waals surface area contributed by atoms with Gasteiger partial charge in [-0.3, -0.25) is 14.4 Å². The van der Waals surface area contributed by atoms with Gasteiger partial charge >= 0.3 is 6.09 Å². The number of unbranched alkanes of at least 4 members (excludes halogenated alkanes) is 1. The highest BCUT2D eigenvalue weighted by Gasteiger charge is 2.44. The maximum atomic E-state index is 13.0. The molecule has 2 aromatic carbocycles. The number of ether oxygens (including phenoxy) is 1. The van der Waals surface area contributed by atoms with E-state index in [1.54, 1.807) is 6.92 Å². The van der Waals surface area contributed by atoms with Crippen LogP contribution in [0.4, 0.5) is 4.79 Å². The number of Topliss-reactive ketones (excluding diaryl/α,β-unsaturated/α-hetero) is 1. The molecular weight excluding hydrogens is 502 g/mol. The zero-order chi connectivity index (χ0) is 28.7. The second kappa shape index (κ2) is 12.6. The number of hydrogen-bond acceptors (Lipinski definition) is 7. The van der Waals surface area contributed by atoms with Crippen molar-refractivity contribution >= 4 is 23.7 Å². The van der Waals surface area contributed by atoms with E-state index in [-0.39, 0.29) is 42.8 Å². The fourth-order valence-electron chi connectivity index (χ4n) is 4.53.